The molecule has 0 saturated heterocycles. The van der Waals surface area contributed by atoms with Crippen LogP contribution in [-0.2, 0) is 6.42 Å². The number of nitrogens with zero attached hydrogens (tertiary/aromatic N) is 6. The van der Waals surface area contributed by atoms with Crippen LogP contribution in [0, 0.1) is 11.7 Å². The van der Waals surface area contributed by atoms with Gasteiger partial charge in [0.05, 0.1) is 23.8 Å². The van der Waals surface area contributed by atoms with Gasteiger partial charge >= 0.3 is 0 Å². The first kappa shape index (κ1) is 17.5. The first-order valence-electron chi connectivity index (χ1n) is 10.1. The van der Waals surface area contributed by atoms with E-state index in [9.17, 15) is 9.50 Å². The molecule has 1 fully saturated rings. The van der Waals surface area contributed by atoms with Gasteiger partial charge in [-0.2, -0.15) is 5.10 Å². The average molecular weight is 405 g/mol. The van der Waals surface area contributed by atoms with E-state index in [1.165, 1.54) is 6.07 Å². The first-order chi connectivity index (χ1) is 14.7. The Hall–Kier alpha value is -3.33. The van der Waals surface area contributed by atoms with Crippen LogP contribution in [0.2, 0.25) is 0 Å². The van der Waals surface area contributed by atoms with E-state index in [0.717, 1.165) is 36.2 Å². The van der Waals surface area contributed by atoms with E-state index < -0.39 is 6.10 Å². The van der Waals surface area contributed by atoms with Gasteiger partial charge < -0.3 is 15.0 Å². The maximum Gasteiger partial charge on any atom is 0.226 e. The number of aliphatic hydroxyl groups is 1. The highest BCUT2D eigenvalue weighted by Crippen LogP contribution is 2.41. The molecule has 2 aliphatic rings. The maximum atomic E-state index is 14.3. The molecular weight excluding hydrogens is 385 g/mol. The molecule has 2 atom stereocenters. The molecule has 0 amide bonds. The van der Waals surface area contributed by atoms with Crippen LogP contribution in [0.4, 0.5) is 10.3 Å². The highest BCUT2D eigenvalue weighted by atomic mass is 19.1. The number of nitrogens with one attached hydrogen (secondary N) is 1. The van der Waals surface area contributed by atoms with Gasteiger partial charge in [0.15, 0.2) is 0 Å². The third kappa shape index (κ3) is 2.77. The summed E-state index contributed by atoms with van der Waals surface area (Å²) in [5, 5.41) is 15.0. The van der Waals surface area contributed by atoms with Crippen LogP contribution in [0.1, 0.15) is 47.6 Å². The van der Waals surface area contributed by atoms with Gasteiger partial charge in [-0.05, 0) is 37.0 Å². The number of aliphatic hydroxyl groups excluding tert-OH is 1. The fourth-order valence-electron chi connectivity index (χ4n) is 4.24. The van der Waals surface area contributed by atoms with Crippen LogP contribution >= 0.6 is 0 Å². The number of halogens is 1. The van der Waals surface area contributed by atoms with Gasteiger partial charge in [0.25, 0.3) is 0 Å². The van der Waals surface area contributed by atoms with Crippen LogP contribution in [-0.4, -0.2) is 41.2 Å². The van der Waals surface area contributed by atoms with Crippen molar-refractivity contribution >= 4 is 11.5 Å². The van der Waals surface area contributed by atoms with Gasteiger partial charge in [0.1, 0.15) is 17.4 Å². The topological polar surface area (TPSA) is 95.2 Å². The lowest BCUT2D eigenvalue weighted by molar-refractivity contribution is 0.153. The van der Waals surface area contributed by atoms with Crippen LogP contribution in [0.15, 0.2) is 43.1 Å². The Bertz CT molecular complexity index is 1210. The quantitative estimate of drug-likeness (QED) is 0.542. The SMILES string of the molecule is O[C@H](c1cnc(N2CCc3[nH]cnc3[C@H]2c2cc3c(F)cccn3n2)nc1)C1CC1. The van der Waals surface area contributed by atoms with Crippen molar-refractivity contribution in [1.82, 2.24) is 29.5 Å². The number of H-pyrrole nitrogens is 1. The molecule has 1 aliphatic heterocycles. The molecule has 0 unspecified atom stereocenters. The van der Waals surface area contributed by atoms with Gasteiger partial charge in [-0.3, -0.25) is 0 Å². The largest absolute Gasteiger partial charge is 0.388 e. The molecule has 0 radical (unpaired) electrons. The zero-order valence-electron chi connectivity index (χ0n) is 16.1. The van der Waals surface area contributed by atoms with E-state index in [2.05, 4.69) is 25.0 Å². The van der Waals surface area contributed by atoms with Crippen molar-refractivity contribution in [3.63, 3.8) is 0 Å². The number of rotatable bonds is 4. The average Bonchev–Trinajstić information content (AvgIpc) is 3.34. The summed E-state index contributed by atoms with van der Waals surface area (Å²) in [6.07, 6.45) is 9.16. The van der Waals surface area contributed by atoms with Crippen LogP contribution in [0.3, 0.4) is 0 Å². The maximum absolute atomic E-state index is 14.3. The van der Waals surface area contributed by atoms with Crippen molar-refractivity contribution in [1.29, 1.82) is 0 Å². The van der Waals surface area contributed by atoms with Crippen molar-refractivity contribution in [2.24, 2.45) is 5.92 Å². The number of pyridine rings is 1. The fourth-order valence-corrected chi connectivity index (χ4v) is 4.24. The van der Waals surface area contributed by atoms with Gasteiger partial charge in [-0.1, -0.05) is 0 Å². The second-order valence-electron chi connectivity index (χ2n) is 7.97. The van der Waals surface area contributed by atoms with Gasteiger partial charge in [0, 0.05) is 42.8 Å². The Morgan fingerprint density at radius 1 is 1.20 bits per heavy atom. The monoisotopic (exact) mass is 405 g/mol. The molecule has 152 valence electrons. The van der Waals surface area contributed by atoms with Crippen LogP contribution < -0.4 is 4.90 Å². The van der Waals surface area contributed by atoms with Gasteiger partial charge in [-0.25, -0.2) is 23.9 Å². The molecule has 0 aromatic carbocycles. The molecule has 0 bridgehead atoms. The number of hydrogen-bond acceptors (Lipinski definition) is 6. The molecule has 2 N–H and O–H groups in total. The highest BCUT2D eigenvalue weighted by molar-refractivity contribution is 5.53. The summed E-state index contributed by atoms with van der Waals surface area (Å²) in [4.78, 5) is 18.9. The fraction of sp³-hybridized carbons (Fsp3) is 0.333. The summed E-state index contributed by atoms with van der Waals surface area (Å²) in [5.74, 6) is 0.537. The molecule has 6 rings (SSSR count). The number of fused-ring (bicyclic) bond motifs is 2. The lowest BCUT2D eigenvalue weighted by Crippen LogP contribution is -2.37. The Morgan fingerprint density at radius 2 is 2.03 bits per heavy atom. The van der Waals surface area contributed by atoms with Crippen LogP contribution in [0.5, 0.6) is 0 Å². The lowest BCUT2D eigenvalue weighted by Gasteiger charge is -2.34. The summed E-state index contributed by atoms with van der Waals surface area (Å²) in [7, 11) is 0. The number of hydrogen-bond donors (Lipinski definition) is 2. The van der Waals surface area contributed by atoms with Crippen LogP contribution in [0.25, 0.3) is 5.52 Å². The molecule has 8 nitrogen and oxygen atoms in total. The Morgan fingerprint density at radius 3 is 2.80 bits per heavy atom. The van der Waals surface area contributed by atoms with Crippen molar-refractivity contribution < 1.29 is 9.50 Å². The zero-order valence-corrected chi connectivity index (χ0v) is 16.1. The standard InChI is InChI=1S/C21H20FN7O/c22-14-2-1-6-29-17(14)8-16(27-29)19-18-15(25-11-26-18)5-7-28(19)21-23-9-13(10-24-21)20(30)12-3-4-12/h1-2,6,8-12,19-20,30H,3-5,7H2,(H,25,26)/t19-,20+/m1/s1. The third-order valence-electron chi connectivity index (χ3n) is 6.00. The molecule has 4 aromatic rings. The third-order valence-corrected chi connectivity index (χ3v) is 6.00. The number of imidazole rings is 1. The molecular formula is C21H20FN7O. The molecule has 1 aliphatic carbocycles. The lowest BCUT2D eigenvalue weighted by atomic mass is 10.00. The summed E-state index contributed by atoms with van der Waals surface area (Å²) in [6, 6.07) is 4.47. The Kier molecular flexibility index (Phi) is 3.85. The van der Waals surface area contributed by atoms with Crippen molar-refractivity contribution in [2.75, 3.05) is 11.4 Å². The highest BCUT2D eigenvalue weighted by Gasteiger charge is 2.35. The second-order valence-corrected chi connectivity index (χ2v) is 7.97. The minimum absolute atomic E-state index is 0.321. The van der Waals surface area contributed by atoms with Gasteiger partial charge in [-0.15, -0.1) is 0 Å². The van der Waals surface area contributed by atoms with Crippen molar-refractivity contribution in [3.8, 4) is 0 Å². The first-order valence-corrected chi connectivity index (χ1v) is 10.1. The number of aromatic nitrogens is 6. The predicted octanol–water partition coefficient (Wildman–Crippen LogP) is 2.58. The van der Waals surface area contributed by atoms with Crippen molar-refractivity contribution in [3.05, 3.63) is 71.6 Å². The Balaban J connectivity index is 1.42. The smallest absolute Gasteiger partial charge is 0.226 e. The van der Waals surface area contributed by atoms with Crippen molar-refractivity contribution in [2.45, 2.75) is 31.4 Å². The van der Waals surface area contributed by atoms with E-state index in [1.54, 1.807) is 41.6 Å². The predicted molar refractivity (Wildman–Crippen MR) is 106 cm³/mol. The molecule has 0 spiro atoms. The van der Waals surface area contributed by atoms with Gasteiger partial charge in [0.2, 0.25) is 5.95 Å². The zero-order chi connectivity index (χ0) is 20.2. The normalized spacial score (nSPS) is 19.8. The summed E-state index contributed by atoms with van der Waals surface area (Å²) in [5.41, 5.74) is 3.72. The van der Waals surface area contributed by atoms with E-state index in [0.29, 0.717) is 29.6 Å². The van der Waals surface area contributed by atoms with E-state index in [4.69, 9.17) is 0 Å². The minimum Gasteiger partial charge on any atom is -0.388 e. The summed E-state index contributed by atoms with van der Waals surface area (Å²) >= 11 is 0. The molecule has 1 saturated carbocycles. The minimum atomic E-state index is -0.504. The second kappa shape index (κ2) is 6.60. The summed E-state index contributed by atoms with van der Waals surface area (Å²) < 4.78 is 15.8. The molecule has 4 aromatic heterocycles. The summed E-state index contributed by atoms with van der Waals surface area (Å²) in [6.45, 7) is 0.667. The van der Waals surface area contributed by atoms with E-state index in [-0.39, 0.29) is 11.9 Å². The molecule has 9 heteroatoms. The molecule has 30 heavy (non-hydrogen) atoms. The Labute approximate surface area is 171 Å². The van der Waals surface area contributed by atoms with E-state index in [1.807, 2.05) is 4.90 Å². The molecule has 5 heterocycles. The number of aromatic amines is 1. The number of anilines is 1. The van der Waals surface area contributed by atoms with E-state index >= 15 is 0 Å².